The van der Waals surface area contributed by atoms with Gasteiger partial charge in [0.05, 0.1) is 35.5 Å². The highest BCUT2D eigenvalue weighted by atomic mass is 79.9. The summed E-state index contributed by atoms with van der Waals surface area (Å²) < 4.78 is 17.7. The standard InChI is InChI=1S/C17H14BrNO4S/c1-21-14-5-11(12(18)7-15(14)22-2)8-23-17(20)10-3-4-13-16(6-10)24-9-19-13/h3-7,9H,8H2,1-2H3. The van der Waals surface area contributed by atoms with Crippen molar-refractivity contribution in [2.75, 3.05) is 14.2 Å². The van der Waals surface area contributed by atoms with Crippen molar-refractivity contribution in [3.63, 3.8) is 0 Å². The lowest BCUT2D eigenvalue weighted by Crippen LogP contribution is -2.06. The number of benzene rings is 2. The zero-order valence-electron chi connectivity index (χ0n) is 13.0. The van der Waals surface area contributed by atoms with Crippen LogP contribution in [0.3, 0.4) is 0 Å². The van der Waals surface area contributed by atoms with Crippen molar-refractivity contribution in [2.24, 2.45) is 0 Å². The molecule has 3 aromatic rings. The zero-order chi connectivity index (χ0) is 17.1. The minimum absolute atomic E-state index is 0.125. The van der Waals surface area contributed by atoms with Crippen LogP contribution in [0.1, 0.15) is 15.9 Å². The summed E-state index contributed by atoms with van der Waals surface area (Å²) in [6.07, 6.45) is 0. The molecule has 0 amide bonds. The third kappa shape index (κ3) is 3.37. The predicted molar refractivity (Wildman–Crippen MR) is 96.0 cm³/mol. The Labute approximate surface area is 151 Å². The maximum atomic E-state index is 12.3. The Balaban J connectivity index is 1.76. The maximum absolute atomic E-state index is 12.3. The summed E-state index contributed by atoms with van der Waals surface area (Å²) in [4.78, 5) is 16.5. The highest BCUT2D eigenvalue weighted by Gasteiger charge is 2.13. The summed E-state index contributed by atoms with van der Waals surface area (Å²) in [5.41, 5.74) is 3.92. The molecule has 0 fully saturated rings. The Bertz CT molecular complexity index is 893. The van der Waals surface area contributed by atoms with E-state index in [0.29, 0.717) is 17.1 Å². The van der Waals surface area contributed by atoms with Gasteiger partial charge in [0.25, 0.3) is 0 Å². The van der Waals surface area contributed by atoms with Crippen molar-refractivity contribution in [1.29, 1.82) is 0 Å². The smallest absolute Gasteiger partial charge is 0.338 e. The molecule has 7 heteroatoms. The van der Waals surface area contributed by atoms with E-state index < -0.39 is 0 Å². The third-order valence-corrected chi connectivity index (χ3v) is 5.01. The number of thiazole rings is 1. The lowest BCUT2D eigenvalue weighted by atomic mass is 10.2. The minimum atomic E-state index is -0.382. The molecule has 1 aromatic heterocycles. The van der Waals surface area contributed by atoms with E-state index >= 15 is 0 Å². The first-order valence-corrected chi connectivity index (χ1v) is 8.70. The summed E-state index contributed by atoms with van der Waals surface area (Å²) in [6, 6.07) is 8.88. The van der Waals surface area contributed by atoms with E-state index in [4.69, 9.17) is 14.2 Å². The molecule has 0 aliphatic carbocycles. The van der Waals surface area contributed by atoms with Crippen molar-refractivity contribution in [2.45, 2.75) is 6.61 Å². The number of nitrogens with zero attached hydrogens (tertiary/aromatic N) is 1. The van der Waals surface area contributed by atoms with Crippen LogP contribution in [0.2, 0.25) is 0 Å². The first-order valence-electron chi connectivity index (χ1n) is 7.03. The number of carbonyl (C=O) groups excluding carboxylic acids is 1. The second-order valence-corrected chi connectivity index (χ2v) is 6.65. The van der Waals surface area contributed by atoms with Gasteiger partial charge in [0.2, 0.25) is 0 Å². The van der Waals surface area contributed by atoms with Crippen molar-refractivity contribution in [3.05, 3.63) is 51.4 Å². The number of esters is 1. The number of ether oxygens (including phenoxy) is 3. The van der Waals surface area contributed by atoms with Gasteiger partial charge in [0.1, 0.15) is 6.61 Å². The van der Waals surface area contributed by atoms with Crippen molar-refractivity contribution in [1.82, 2.24) is 4.98 Å². The fourth-order valence-electron chi connectivity index (χ4n) is 2.22. The summed E-state index contributed by atoms with van der Waals surface area (Å²) in [5, 5.41) is 0. The number of fused-ring (bicyclic) bond motifs is 1. The van der Waals surface area contributed by atoms with Gasteiger partial charge in [-0.15, -0.1) is 11.3 Å². The number of carbonyl (C=O) groups is 1. The zero-order valence-corrected chi connectivity index (χ0v) is 15.4. The normalized spacial score (nSPS) is 10.6. The number of hydrogen-bond acceptors (Lipinski definition) is 6. The quantitative estimate of drug-likeness (QED) is 0.585. The molecule has 24 heavy (non-hydrogen) atoms. The SMILES string of the molecule is COc1cc(Br)c(COC(=O)c2ccc3ncsc3c2)cc1OC. The molecule has 0 spiro atoms. The Morgan fingerprint density at radius 2 is 1.92 bits per heavy atom. The molecular formula is C17H14BrNO4S. The molecule has 124 valence electrons. The summed E-state index contributed by atoms with van der Waals surface area (Å²) >= 11 is 4.94. The first-order chi connectivity index (χ1) is 11.6. The molecule has 3 rings (SSSR count). The van der Waals surface area contributed by atoms with E-state index in [1.54, 1.807) is 44.0 Å². The van der Waals surface area contributed by atoms with Gasteiger partial charge in [-0.2, -0.15) is 0 Å². The summed E-state index contributed by atoms with van der Waals surface area (Å²) in [6.45, 7) is 0.125. The van der Waals surface area contributed by atoms with Gasteiger partial charge >= 0.3 is 5.97 Å². The molecule has 0 N–H and O–H groups in total. The molecule has 0 saturated heterocycles. The van der Waals surface area contributed by atoms with Crippen LogP contribution in [0.5, 0.6) is 11.5 Å². The number of halogens is 1. The van der Waals surface area contributed by atoms with Crippen LogP contribution in [0, 0.1) is 0 Å². The summed E-state index contributed by atoms with van der Waals surface area (Å²) in [5.74, 6) is 0.805. The van der Waals surface area contributed by atoms with Crippen molar-refractivity contribution < 1.29 is 19.0 Å². The second kappa shape index (κ2) is 7.19. The molecule has 0 unspecified atom stereocenters. The Kier molecular flexibility index (Phi) is 5.01. The largest absolute Gasteiger partial charge is 0.493 e. The minimum Gasteiger partial charge on any atom is -0.493 e. The van der Waals surface area contributed by atoms with Crippen LogP contribution in [-0.4, -0.2) is 25.2 Å². The lowest BCUT2D eigenvalue weighted by Gasteiger charge is -2.12. The third-order valence-electron chi connectivity index (χ3n) is 3.48. The number of aromatic nitrogens is 1. The van der Waals surface area contributed by atoms with Gasteiger partial charge in [0, 0.05) is 10.0 Å². The van der Waals surface area contributed by atoms with E-state index in [1.807, 2.05) is 6.07 Å². The van der Waals surface area contributed by atoms with Gasteiger partial charge in [0.15, 0.2) is 11.5 Å². The van der Waals surface area contributed by atoms with Gasteiger partial charge in [-0.05, 0) is 30.3 Å². The molecule has 5 nitrogen and oxygen atoms in total. The van der Waals surface area contributed by atoms with Gasteiger partial charge in [-0.1, -0.05) is 15.9 Å². The van der Waals surface area contributed by atoms with E-state index in [1.165, 1.54) is 11.3 Å². The molecule has 0 aliphatic heterocycles. The van der Waals surface area contributed by atoms with Crippen molar-refractivity contribution >= 4 is 43.5 Å². The molecule has 0 bridgehead atoms. The Morgan fingerprint density at radius 1 is 1.17 bits per heavy atom. The first kappa shape index (κ1) is 16.7. The molecule has 1 heterocycles. The second-order valence-electron chi connectivity index (χ2n) is 4.91. The number of methoxy groups -OCH3 is 2. The van der Waals surface area contributed by atoms with Crippen LogP contribution in [-0.2, 0) is 11.3 Å². The van der Waals surface area contributed by atoms with Gasteiger partial charge in [-0.3, -0.25) is 0 Å². The van der Waals surface area contributed by atoms with Crippen LogP contribution >= 0.6 is 27.3 Å². The molecule has 0 atom stereocenters. The molecule has 0 saturated carbocycles. The van der Waals surface area contributed by atoms with Gasteiger partial charge < -0.3 is 14.2 Å². The molecule has 0 aliphatic rings. The van der Waals surface area contributed by atoms with E-state index in [0.717, 1.165) is 20.3 Å². The number of hydrogen-bond donors (Lipinski definition) is 0. The van der Waals surface area contributed by atoms with E-state index in [2.05, 4.69) is 20.9 Å². The Morgan fingerprint density at radius 3 is 2.67 bits per heavy atom. The van der Waals surface area contributed by atoms with Crippen LogP contribution in [0.4, 0.5) is 0 Å². The molecular weight excluding hydrogens is 394 g/mol. The fourth-order valence-corrected chi connectivity index (χ4v) is 3.37. The number of rotatable bonds is 5. The van der Waals surface area contributed by atoms with Crippen molar-refractivity contribution in [3.8, 4) is 11.5 Å². The van der Waals surface area contributed by atoms with Gasteiger partial charge in [-0.25, -0.2) is 9.78 Å². The average Bonchev–Trinajstić information content (AvgIpc) is 3.07. The van der Waals surface area contributed by atoms with Crippen LogP contribution < -0.4 is 9.47 Å². The maximum Gasteiger partial charge on any atom is 0.338 e. The highest BCUT2D eigenvalue weighted by Crippen LogP contribution is 2.33. The fraction of sp³-hybridized carbons (Fsp3) is 0.176. The molecule has 2 aromatic carbocycles. The van der Waals surface area contributed by atoms with Crippen LogP contribution in [0.15, 0.2) is 40.3 Å². The lowest BCUT2D eigenvalue weighted by molar-refractivity contribution is 0.0472. The average molecular weight is 408 g/mol. The predicted octanol–water partition coefficient (Wildman–Crippen LogP) is 4.43. The Hall–Kier alpha value is -2.12. The van der Waals surface area contributed by atoms with E-state index in [9.17, 15) is 4.79 Å². The highest BCUT2D eigenvalue weighted by molar-refractivity contribution is 9.10. The topological polar surface area (TPSA) is 57.7 Å². The monoisotopic (exact) mass is 407 g/mol. The molecule has 0 radical (unpaired) electrons. The van der Waals surface area contributed by atoms with Crippen LogP contribution in [0.25, 0.3) is 10.2 Å². The van der Waals surface area contributed by atoms with E-state index in [-0.39, 0.29) is 12.6 Å². The summed E-state index contributed by atoms with van der Waals surface area (Å²) in [7, 11) is 3.13.